The molecule has 0 unspecified atom stereocenters. The molecule has 0 saturated heterocycles. The molecule has 6 heteroatoms. The minimum absolute atomic E-state index is 0.305. The Morgan fingerprint density at radius 3 is 2.30 bits per heavy atom. The third-order valence-corrected chi connectivity index (χ3v) is 4.47. The van der Waals surface area contributed by atoms with Gasteiger partial charge in [0.2, 0.25) is 0 Å². The van der Waals surface area contributed by atoms with E-state index in [2.05, 4.69) is 22.4 Å². The minimum atomic E-state index is -3.16. The van der Waals surface area contributed by atoms with Crippen LogP contribution in [-0.2, 0) is 22.8 Å². The van der Waals surface area contributed by atoms with Crippen molar-refractivity contribution in [3.63, 3.8) is 0 Å². The van der Waals surface area contributed by atoms with E-state index in [0.717, 1.165) is 12.0 Å². The van der Waals surface area contributed by atoms with Crippen LogP contribution in [-0.4, -0.2) is 27.2 Å². The van der Waals surface area contributed by atoms with Crippen LogP contribution < -0.4 is 11.1 Å². The van der Waals surface area contributed by atoms with Gasteiger partial charge in [-0.3, -0.25) is 0 Å². The normalized spacial score (nSPS) is 12.1. The lowest BCUT2D eigenvalue weighted by molar-refractivity contribution is 0.602. The molecule has 2 aromatic rings. The van der Waals surface area contributed by atoms with Crippen molar-refractivity contribution in [3.05, 3.63) is 65.7 Å². The van der Waals surface area contributed by atoms with Gasteiger partial charge in [-0.1, -0.05) is 42.5 Å². The quantitative estimate of drug-likeness (QED) is 0.624. The largest absolute Gasteiger partial charge is 0.370 e. The van der Waals surface area contributed by atoms with Crippen molar-refractivity contribution >= 4 is 15.8 Å². The molecule has 3 N–H and O–H groups in total. The van der Waals surface area contributed by atoms with Crippen molar-refractivity contribution in [1.82, 2.24) is 5.32 Å². The lowest BCUT2D eigenvalue weighted by atomic mass is 10.1. The van der Waals surface area contributed by atoms with Crippen LogP contribution in [0.15, 0.2) is 64.5 Å². The fourth-order valence-electron chi connectivity index (χ4n) is 2.05. The van der Waals surface area contributed by atoms with Gasteiger partial charge in [0.15, 0.2) is 15.8 Å². The first kappa shape index (κ1) is 17.0. The van der Waals surface area contributed by atoms with Gasteiger partial charge < -0.3 is 11.1 Å². The molecular weight excluding hydrogens is 310 g/mol. The summed E-state index contributed by atoms with van der Waals surface area (Å²) in [6, 6.07) is 16.8. The van der Waals surface area contributed by atoms with Gasteiger partial charge in [-0.15, -0.1) is 0 Å². The number of nitrogens with two attached hydrogens (primary N) is 1. The molecule has 23 heavy (non-hydrogen) atoms. The van der Waals surface area contributed by atoms with Gasteiger partial charge in [0.25, 0.3) is 0 Å². The second kappa shape index (κ2) is 7.78. The van der Waals surface area contributed by atoms with E-state index >= 15 is 0 Å². The van der Waals surface area contributed by atoms with E-state index < -0.39 is 9.84 Å². The van der Waals surface area contributed by atoms with Crippen LogP contribution >= 0.6 is 0 Å². The Hall–Kier alpha value is -2.34. The molecule has 0 aliphatic heterocycles. The van der Waals surface area contributed by atoms with E-state index in [1.807, 2.05) is 18.2 Å². The first-order valence-electron chi connectivity index (χ1n) is 7.32. The second-order valence-corrected chi connectivity index (χ2v) is 7.30. The van der Waals surface area contributed by atoms with Gasteiger partial charge in [-0.05, 0) is 29.7 Å². The molecular formula is C17H21N3O2S. The minimum Gasteiger partial charge on any atom is -0.370 e. The van der Waals surface area contributed by atoms with Crippen LogP contribution in [0.1, 0.15) is 11.1 Å². The zero-order valence-electron chi connectivity index (χ0n) is 13.1. The Morgan fingerprint density at radius 2 is 1.70 bits per heavy atom. The van der Waals surface area contributed by atoms with Crippen molar-refractivity contribution in [2.45, 2.75) is 17.9 Å². The highest BCUT2D eigenvalue weighted by Gasteiger charge is 2.05. The number of nitrogens with zero attached hydrogens (tertiary/aromatic N) is 1. The highest BCUT2D eigenvalue weighted by molar-refractivity contribution is 7.90. The van der Waals surface area contributed by atoms with Crippen molar-refractivity contribution in [2.24, 2.45) is 10.7 Å². The number of sulfone groups is 1. The number of guanidine groups is 1. The molecule has 0 bridgehead atoms. The molecule has 2 rings (SSSR count). The molecule has 0 saturated carbocycles. The van der Waals surface area contributed by atoms with Crippen molar-refractivity contribution in [3.8, 4) is 0 Å². The molecule has 0 aliphatic carbocycles. The Morgan fingerprint density at radius 1 is 1.04 bits per heavy atom. The van der Waals surface area contributed by atoms with Crippen LogP contribution in [0.25, 0.3) is 0 Å². The fourth-order valence-corrected chi connectivity index (χ4v) is 2.68. The predicted molar refractivity (Wildman–Crippen MR) is 93.0 cm³/mol. The van der Waals surface area contributed by atoms with E-state index in [4.69, 9.17) is 5.73 Å². The summed E-state index contributed by atoms with van der Waals surface area (Å²) in [7, 11) is -3.16. The molecule has 0 heterocycles. The summed E-state index contributed by atoms with van der Waals surface area (Å²) in [6.07, 6.45) is 2.06. The monoisotopic (exact) mass is 331 g/mol. The van der Waals surface area contributed by atoms with Crippen LogP contribution in [0, 0.1) is 0 Å². The summed E-state index contributed by atoms with van der Waals surface area (Å²) in [4.78, 5) is 4.56. The molecule has 0 spiro atoms. The fraction of sp³-hybridized carbons (Fsp3) is 0.235. The zero-order valence-corrected chi connectivity index (χ0v) is 13.9. The average molecular weight is 331 g/mol. The lowest BCUT2D eigenvalue weighted by Crippen LogP contribution is -2.33. The Bertz CT molecular complexity index is 754. The number of rotatable bonds is 6. The van der Waals surface area contributed by atoms with Crippen LogP contribution in [0.5, 0.6) is 0 Å². The third-order valence-electron chi connectivity index (χ3n) is 3.35. The van der Waals surface area contributed by atoms with Crippen LogP contribution in [0.3, 0.4) is 0 Å². The molecule has 122 valence electrons. The lowest BCUT2D eigenvalue weighted by Gasteiger charge is -2.06. The summed E-state index contributed by atoms with van der Waals surface area (Å²) in [5.41, 5.74) is 7.98. The van der Waals surface area contributed by atoms with Gasteiger partial charge in [-0.2, -0.15) is 0 Å². The van der Waals surface area contributed by atoms with Crippen molar-refractivity contribution in [2.75, 3.05) is 12.8 Å². The highest BCUT2D eigenvalue weighted by Crippen LogP contribution is 2.10. The number of hydrogen-bond donors (Lipinski definition) is 2. The standard InChI is InChI=1S/C17H21N3O2S/c1-23(21,22)16-9-7-15(8-10-16)13-20-17(18)19-12-11-14-5-3-2-4-6-14/h2-10H,11-13H2,1H3,(H3,18,19,20). The van der Waals surface area contributed by atoms with Gasteiger partial charge >= 0.3 is 0 Å². The number of hydrogen-bond acceptors (Lipinski definition) is 3. The maximum Gasteiger partial charge on any atom is 0.188 e. The SMILES string of the molecule is CS(=O)(=O)c1ccc(CN=C(N)NCCc2ccccc2)cc1. The molecule has 2 aromatic carbocycles. The van der Waals surface area contributed by atoms with Crippen molar-refractivity contribution < 1.29 is 8.42 Å². The first-order chi connectivity index (χ1) is 10.9. The van der Waals surface area contributed by atoms with E-state index in [1.54, 1.807) is 24.3 Å². The molecule has 5 nitrogen and oxygen atoms in total. The predicted octanol–water partition coefficient (Wildman–Crippen LogP) is 1.74. The molecule has 0 fully saturated rings. The summed E-state index contributed by atoms with van der Waals surface area (Å²) in [5, 5.41) is 3.07. The molecule has 0 radical (unpaired) electrons. The van der Waals surface area contributed by atoms with E-state index in [9.17, 15) is 8.42 Å². The van der Waals surface area contributed by atoms with Crippen LogP contribution in [0.2, 0.25) is 0 Å². The first-order valence-corrected chi connectivity index (χ1v) is 9.21. The Kier molecular flexibility index (Phi) is 5.76. The average Bonchev–Trinajstić information content (AvgIpc) is 2.53. The Balaban J connectivity index is 1.82. The van der Waals surface area contributed by atoms with Gasteiger partial charge in [0.1, 0.15) is 0 Å². The van der Waals surface area contributed by atoms with Gasteiger partial charge in [0, 0.05) is 12.8 Å². The number of aliphatic imine (C=N–C) groups is 1. The van der Waals surface area contributed by atoms with Gasteiger partial charge in [-0.25, -0.2) is 13.4 Å². The number of nitrogens with one attached hydrogen (secondary N) is 1. The summed E-state index contributed by atoms with van der Waals surface area (Å²) in [5.74, 6) is 0.383. The van der Waals surface area contributed by atoms with E-state index in [0.29, 0.717) is 23.9 Å². The molecule has 0 amide bonds. The number of benzene rings is 2. The summed E-state index contributed by atoms with van der Waals surface area (Å²) in [6.45, 7) is 1.13. The third kappa shape index (κ3) is 5.75. The van der Waals surface area contributed by atoms with Crippen LogP contribution in [0.4, 0.5) is 0 Å². The molecule has 0 aliphatic rings. The highest BCUT2D eigenvalue weighted by atomic mass is 32.2. The van der Waals surface area contributed by atoms with E-state index in [1.165, 1.54) is 11.8 Å². The Labute approximate surface area is 137 Å². The maximum absolute atomic E-state index is 11.4. The molecule has 0 atom stereocenters. The maximum atomic E-state index is 11.4. The second-order valence-electron chi connectivity index (χ2n) is 5.28. The summed E-state index contributed by atoms with van der Waals surface area (Å²) < 4.78 is 22.8. The van der Waals surface area contributed by atoms with Gasteiger partial charge in [0.05, 0.1) is 11.4 Å². The summed E-state index contributed by atoms with van der Waals surface area (Å²) >= 11 is 0. The van der Waals surface area contributed by atoms with E-state index in [-0.39, 0.29) is 0 Å². The zero-order chi connectivity index (χ0) is 16.7. The van der Waals surface area contributed by atoms with Crippen molar-refractivity contribution in [1.29, 1.82) is 0 Å². The smallest absolute Gasteiger partial charge is 0.188 e. The molecule has 0 aromatic heterocycles. The topological polar surface area (TPSA) is 84.5 Å².